The number of hydrogen-bond acceptors (Lipinski definition) is 1. The normalized spacial score (nSPS) is 8.90. The maximum Gasteiger partial charge on any atom is 0.127 e. The van der Waals surface area contributed by atoms with Gasteiger partial charge in [-0.15, -0.1) is 0 Å². The van der Waals surface area contributed by atoms with E-state index >= 15 is 0 Å². The van der Waals surface area contributed by atoms with Gasteiger partial charge in [0.05, 0.1) is 6.26 Å². The van der Waals surface area contributed by atoms with Gasteiger partial charge in [-0.2, -0.15) is 0 Å². The number of ether oxygens (including phenoxy) is 1. The minimum Gasteiger partial charge on any atom is -0.466 e. The third-order valence-corrected chi connectivity index (χ3v) is 1.25. The fourth-order valence-corrected chi connectivity index (χ4v) is 0.817. The van der Waals surface area contributed by atoms with Crippen LogP contribution in [0.15, 0.2) is 37.1 Å². The molecule has 0 saturated heterocycles. The van der Waals surface area contributed by atoms with Crippen LogP contribution in [0.4, 0.5) is 0 Å². The highest BCUT2D eigenvalue weighted by Crippen LogP contribution is 2.16. The first-order valence-corrected chi connectivity index (χ1v) is 3.24. The molecule has 1 aromatic carbocycles. The molecule has 0 aliphatic heterocycles. The van der Waals surface area contributed by atoms with E-state index in [9.17, 15) is 0 Å². The third-order valence-electron chi connectivity index (χ3n) is 1.02. The summed E-state index contributed by atoms with van der Waals surface area (Å²) in [6, 6.07) is 7.15. The van der Waals surface area contributed by atoms with Crippen molar-refractivity contribution in [3.63, 3.8) is 0 Å². The van der Waals surface area contributed by atoms with Gasteiger partial charge in [-0.05, 0) is 18.2 Å². The van der Waals surface area contributed by atoms with E-state index in [-0.39, 0.29) is 0 Å². The zero-order valence-corrected chi connectivity index (χ0v) is 6.14. The summed E-state index contributed by atoms with van der Waals surface area (Å²) in [5.74, 6) is 0.711. The highest BCUT2D eigenvalue weighted by molar-refractivity contribution is 6.30. The van der Waals surface area contributed by atoms with Gasteiger partial charge in [-0.25, -0.2) is 0 Å². The fourth-order valence-electron chi connectivity index (χ4n) is 0.637. The summed E-state index contributed by atoms with van der Waals surface area (Å²) in [6.45, 7) is 3.42. The molecule has 1 nitrogen and oxygen atoms in total. The number of rotatable bonds is 2. The van der Waals surface area contributed by atoms with Crippen molar-refractivity contribution >= 4 is 11.6 Å². The first-order valence-electron chi connectivity index (χ1n) is 2.86. The Bertz CT molecular complexity index is 232. The topological polar surface area (TPSA) is 9.23 Å². The lowest BCUT2D eigenvalue weighted by atomic mass is 10.3. The van der Waals surface area contributed by atoms with Crippen molar-refractivity contribution in [2.75, 3.05) is 0 Å². The van der Waals surface area contributed by atoms with Crippen molar-refractivity contribution in [1.29, 1.82) is 0 Å². The van der Waals surface area contributed by atoms with Gasteiger partial charge in [-0.1, -0.05) is 24.2 Å². The summed E-state index contributed by atoms with van der Waals surface area (Å²) in [7, 11) is 0. The predicted molar refractivity (Wildman–Crippen MR) is 42.3 cm³/mol. The highest BCUT2D eigenvalue weighted by Gasteiger charge is 1.89. The van der Waals surface area contributed by atoms with Crippen LogP contribution in [0.5, 0.6) is 5.75 Å². The molecule has 0 N–H and O–H groups in total. The molecule has 0 atom stereocenters. The average Bonchev–Trinajstić information content (AvgIpc) is 1.88. The zero-order chi connectivity index (χ0) is 7.40. The molecule has 0 saturated carbocycles. The van der Waals surface area contributed by atoms with Crippen molar-refractivity contribution in [1.82, 2.24) is 0 Å². The van der Waals surface area contributed by atoms with Gasteiger partial charge in [-0.3, -0.25) is 0 Å². The molecular formula is C8H7ClO. The molecule has 2 heteroatoms. The van der Waals surface area contributed by atoms with Crippen molar-refractivity contribution in [2.45, 2.75) is 0 Å². The van der Waals surface area contributed by atoms with Crippen LogP contribution in [0.2, 0.25) is 5.02 Å². The smallest absolute Gasteiger partial charge is 0.127 e. The van der Waals surface area contributed by atoms with Crippen LogP contribution in [0, 0.1) is 0 Å². The average molecular weight is 155 g/mol. The van der Waals surface area contributed by atoms with Crippen LogP contribution >= 0.6 is 11.6 Å². The SMILES string of the molecule is C=COc1cccc(Cl)c1. The Morgan fingerprint density at radius 1 is 1.50 bits per heavy atom. The molecule has 10 heavy (non-hydrogen) atoms. The van der Waals surface area contributed by atoms with Crippen LogP contribution in [0.3, 0.4) is 0 Å². The number of benzene rings is 1. The molecule has 52 valence electrons. The molecule has 0 bridgehead atoms. The lowest BCUT2D eigenvalue weighted by Crippen LogP contribution is -1.78. The molecule has 0 aromatic heterocycles. The van der Waals surface area contributed by atoms with Crippen LogP contribution < -0.4 is 4.74 Å². The minimum atomic E-state index is 0.666. The monoisotopic (exact) mass is 154 g/mol. The van der Waals surface area contributed by atoms with E-state index in [1.807, 2.05) is 12.1 Å². The van der Waals surface area contributed by atoms with Gasteiger partial charge in [0.25, 0.3) is 0 Å². The Balaban J connectivity index is 2.84. The molecule has 1 aromatic rings. The van der Waals surface area contributed by atoms with E-state index in [0.29, 0.717) is 10.8 Å². The predicted octanol–water partition coefficient (Wildman–Crippen LogP) is 2.86. The van der Waals surface area contributed by atoms with E-state index in [2.05, 4.69) is 6.58 Å². The Hall–Kier alpha value is -0.950. The molecule has 1 rings (SSSR count). The van der Waals surface area contributed by atoms with Gasteiger partial charge in [0.2, 0.25) is 0 Å². The van der Waals surface area contributed by atoms with Gasteiger partial charge >= 0.3 is 0 Å². The number of hydrogen-bond donors (Lipinski definition) is 0. The van der Waals surface area contributed by atoms with Gasteiger partial charge in [0.1, 0.15) is 5.75 Å². The molecule has 0 aliphatic rings. The van der Waals surface area contributed by atoms with E-state index in [1.54, 1.807) is 12.1 Å². The van der Waals surface area contributed by atoms with Crippen LogP contribution in [-0.4, -0.2) is 0 Å². The lowest BCUT2D eigenvalue weighted by Gasteiger charge is -1.97. The largest absolute Gasteiger partial charge is 0.466 e. The fraction of sp³-hybridized carbons (Fsp3) is 0. The first kappa shape index (κ1) is 7.16. The Kier molecular flexibility index (Phi) is 2.35. The lowest BCUT2D eigenvalue weighted by molar-refractivity contribution is 0.483. The minimum absolute atomic E-state index is 0.666. The summed E-state index contributed by atoms with van der Waals surface area (Å²) in [4.78, 5) is 0. The summed E-state index contributed by atoms with van der Waals surface area (Å²) in [6.07, 6.45) is 1.37. The summed E-state index contributed by atoms with van der Waals surface area (Å²) < 4.78 is 4.97. The van der Waals surface area contributed by atoms with Gasteiger partial charge < -0.3 is 4.74 Å². The van der Waals surface area contributed by atoms with Crippen molar-refractivity contribution in [3.8, 4) is 5.75 Å². The van der Waals surface area contributed by atoms with Gasteiger partial charge in [0, 0.05) is 5.02 Å². The molecule has 0 spiro atoms. The maximum absolute atomic E-state index is 5.67. The summed E-state index contributed by atoms with van der Waals surface area (Å²) in [5.41, 5.74) is 0. The zero-order valence-electron chi connectivity index (χ0n) is 5.38. The summed E-state index contributed by atoms with van der Waals surface area (Å²) in [5, 5.41) is 0.666. The van der Waals surface area contributed by atoms with Gasteiger partial charge in [0.15, 0.2) is 0 Å². The highest BCUT2D eigenvalue weighted by atomic mass is 35.5. The Morgan fingerprint density at radius 2 is 2.30 bits per heavy atom. The second-order valence-electron chi connectivity index (χ2n) is 1.74. The Labute approximate surface area is 64.9 Å². The quantitative estimate of drug-likeness (QED) is 0.596. The van der Waals surface area contributed by atoms with Crippen LogP contribution in [0.1, 0.15) is 0 Å². The van der Waals surface area contributed by atoms with Crippen molar-refractivity contribution in [2.24, 2.45) is 0 Å². The molecule has 0 radical (unpaired) electrons. The molecule has 0 amide bonds. The third kappa shape index (κ3) is 1.78. The first-order chi connectivity index (χ1) is 4.83. The Morgan fingerprint density at radius 3 is 2.90 bits per heavy atom. The van der Waals surface area contributed by atoms with E-state index < -0.39 is 0 Å². The molecule has 0 unspecified atom stereocenters. The van der Waals surface area contributed by atoms with E-state index in [4.69, 9.17) is 16.3 Å². The van der Waals surface area contributed by atoms with Crippen molar-refractivity contribution in [3.05, 3.63) is 42.1 Å². The molecular weight excluding hydrogens is 148 g/mol. The maximum atomic E-state index is 5.67. The molecule has 0 fully saturated rings. The summed E-state index contributed by atoms with van der Waals surface area (Å²) >= 11 is 5.67. The van der Waals surface area contributed by atoms with E-state index in [1.165, 1.54) is 6.26 Å². The number of halogens is 1. The molecule has 0 heterocycles. The molecule has 0 aliphatic carbocycles. The standard InChI is InChI=1S/C8H7ClO/c1-2-10-8-5-3-4-7(9)6-8/h2-6H,1H2. The van der Waals surface area contributed by atoms with Crippen molar-refractivity contribution < 1.29 is 4.74 Å². The second-order valence-corrected chi connectivity index (χ2v) is 2.18. The van der Waals surface area contributed by atoms with Crippen LogP contribution in [0.25, 0.3) is 0 Å². The van der Waals surface area contributed by atoms with Crippen LogP contribution in [-0.2, 0) is 0 Å². The van der Waals surface area contributed by atoms with E-state index in [0.717, 1.165) is 0 Å². The second kappa shape index (κ2) is 3.28.